The first-order chi connectivity index (χ1) is 9.33. The predicted octanol–water partition coefficient (Wildman–Crippen LogP) is 2.91. The maximum absolute atomic E-state index is 8.79. The molecule has 0 bridgehead atoms. The van der Waals surface area contributed by atoms with E-state index in [1.807, 2.05) is 24.3 Å². The summed E-state index contributed by atoms with van der Waals surface area (Å²) in [7, 11) is 0. The number of nitrogens with zero attached hydrogens (tertiary/aromatic N) is 2. The minimum Gasteiger partial charge on any atom is -0.346 e. The molecule has 1 N–H and O–H groups in total. The summed E-state index contributed by atoms with van der Waals surface area (Å²) in [6, 6.07) is 14.1. The maximum atomic E-state index is 8.79. The first-order valence-corrected chi connectivity index (χ1v) is 6.67. The average molecular weight is 253 g/mol. The third-order valence-electron chi connectivity index (χ3n) is 3.09. The summed E-state index contributed by atoms with van der Waals surface area (Å²) in [6.45, 7) is 4.96. The van der Waals surface area contributed by atoms with Gasteiger partial charge in [0.25, 0.3) is 0 Å². The third-order valence-corrected chi connectivity index (χ3v) is 3.09. The van der Waals surface area contributed by atoms with Gasteiger partial charge in [-0.05, 0) is 42.8 Å². The van der Waals surface area contributed by atoms with Gasteiger partial charge in [0.1, 0.15) is 0 Å². The van der Waals surface area contributed by atoms with E-state index in [1.165, 1.54) is 11.3 Å². The van der Waals surface area contributed by atoms with Crippen molar-refractivity contribution in [3.63, 3.8) is 0 Å². The number of rotatable bonds is 6. The molecule has 0 saturated carbocycles. The van der Waals surface area contributed by atoms with Gasteiger partial charge in [-0.25, -0.2) is 0 Å². The Kier molecular flexibility index (Phi) is 4.77. The van der Waals surface area contributed by atoms with Crippen LogP contribution in [0, 0.1) is 11.3 Å². The van der Waals surface area contributed by atoms with Crippen LogP contribution < -0.4 is 5.32 Å². The van der Waals surface area contributed by atoms with Crippen LogP contribution in [-0.2, 0) is 13.1 Å². The maximum Gasteiger partial charge on any atom is 0.0991 e. The largest absolute Gasteiger partial charge is 0.346 e. The fourth-order valence-corrected chi connectivity index (χ4v) is 2.04. The zero-order valence-corrected chi connectivity index (χ0v) is 11.3. The van der Waals surface area contributed by atoms with E-state index in [9.17, 15) is 0 Å². The lowest BCUT2D eigenvalue weighted by Gasteiger charge is -2.10. The van der Waals surface area contributed by atoms with Crippen molar-refractivity contribution in [2.75, 3.05) is 6.54 Å². The van der Waals surface area contributed by atoms with E-state index in [2.05, 4.69) is 41.2 Å². The molecule has 0 atom stereocenters. The van der Waals surface area contributed by atoms with Crippen molar-refractivity contribution in [1.82, 2.24) is 9.88 Å². The summed E-state index contributed by atoms with van der Waals surface area (Å²) in [4.78, 5) is 0. The number of hydrogen-bond acceptors (Lipinski definition) is 2. The van der Waals surface area contributed by atoms with E-state index < -0.39 is 0 Å². The third kappa shape index (κ3) is 3.70. The Balaban J connectivity index is 2.02. The first kappa shape index (κ1) is 13.4. The van der Waals surface area contributed by atoms with Gasteiger partial charge in [0.15, 0.2) is 0 Å². The molecule has 0 spiro atoms. The molecule has 0 amide bonds. The van der Waals surface area contributed by atoms with Crippen molar-refractivity contribution in [3.05, 3.63) is 59.4 Å². The lowest BCUT2D eigenvalue weighted by atomic mass is 10.1. The molecule has 2 aromatic rings. The van der Waals surface area contributed by atoms with Gasteiger partial charge in [0.05, 0.1) is 11.6 Å². The molecule has 98 valence electrons. The van der Waals surface area contributed by atoms with Crippen molar-refractivity contribution in [2.24, 2.45) is 0 Å². The van der Waals surface area contributed by atoms with Crippen LogP contribution >= 0.6 is 0 Å². The first-order valence-electron chi connectivity index (χ1n) is 6.67. The van der Waals surface area contributed by atoms with Crippen LogP contribution in [0.4, 0.5) is 0 Å². The summed E-state index contributed by atoms with van der Waals surface area (Å²) in [6.07, 6.45) is 3.25. The Hall–Kier alpha value is -2.05. The van der Waals surface area contributed by atoms with Gasteiger partial charge >= 0.3 is 0 Å². The monoisotopic (exact) mass is 253 g/mol. The van der Waals surface area contributed by atoms with Crippen molar-refractivity contribution in [1.29, 1.82) is 5.26 Å². The summed E-state index contributed by atoms with van der Waals surface area (Å²) in [5.41, 5.74) is 3.21. The smallest absolute Gasteiger partial charge is 0.0991 e. The Morgan fingerprint density at radius 2 is 2.00 bits per heavy atom. The minimum atomic E-state index is 0.709. The van der Waals surface area contributed by atoms with Crippen molar-refractivity contribution in [3.8, 4) is 6.07 Å². The van der Waals surface area contributed by atoms with E-state index in [-0.39, 0.29) is 0 Å². The molecule has 0 unspecified atom stereocenters. The number of nitrogens with one attached hydrogen (secondary N) is 1. The van der Waals surface area contributed by atoms with Crippen LogP contribution in [0.1, 0.15) is 30.2 Å². The van der Waals surface area contributed by atoms with Crippen LogP contribution in [0.2, 0.25) is 0 Å². The number of nitriles is 1. The van der Waals surface area contributed by atoms with E-state index >= 15 is 0 Å². The van der Waals surface area contributed by atoms with Gasteiger partial charge in [-0.15, -0.1) is 0 Å². The summed E-state index contributed by atoms with van der Waals surface area (Å²) in [5, 5.41) is 12.2. The van der Waals surface area contributed by atoms with Crippen LogP contribution in [-0.4, -0.2) is 11.1 Å². The number of benzene rings is 1. The summed E-state index contributed by atoms with van der Waals surface area (Å²) >= 11 is 0. The van der Waals surface area contributed by atoms with E-state index in [0.29, 0.717) is 5.56 Å². The van der Waals surface area contributed by atoms with E-state index in [4.69, 9.17) is 5.26 Å². The Morgan fingerprint density at radius 3 is 2.68 bits per heavy atom. The van der Waals surface area contributed by atoms with Crippen LogP contribution in [0.25, 0.3) is 0 Å². The molecule has 0 fully saturated rings. The van der Waals surface area contributed by atoms with Gasteiger partial charge in [-0.1, -0.05) is 19.1 Å². The van der Waals surface area contributed by atoms with Crippen LogP contribution in [0.15, 0.2) is 42.6 Å². The highest BCUT2D eigenvalue weighted by molar-refractivity contribution is 5.31. The molecule has 0 aliphatic carbocycles. The normalized spacial score (nSPS) is 10.3. The van der Waals surface area contributed by atoms with E-state index in [1.54, 1.807) is 0 Å². The Labute approximate surface area is 114 Å². The zero-order valence-electron chi connectivity index (χ0n) is 11.3. The molecule has 1 aromatic carbocycles. The molecule has 0 aliphatic rings. The predicted molar refractivity (Wildman–Crippen MR) is 76.7 cm³/mol. The molecular formula is C16H19N3. The number of hydrogen-bond donors (Lipinski definition) is 1. The average Bonchev–Trinajstić information content (AvgIpc) is 2.87. The molecular weight excluding hydrogens is 234 g/mol. The fraction of sp³-hybridized carbons (Fsp3) is 0.312. The van der Waals surface area contributed by atoms with Gasteiger partial charge in [0.2, 0.25) is 0 Å². The lowest BCUT2D eigenvalue weighted by Crippen LogP contribution is -2.16. The molecule has 3 nitrogen and oxygen atoms in total. The SMILES string of the molecule is CCCNCc1cccn1Cc1ccc(C#N)cc1. The fourth-order valence-electron chi connectivity index (χ4n) is 2.04. The number of aromatic nitrogens is 1. The molecule has 0 saturated heterocycles. The van der Waals surface area contributed by atoms with Gasteiger partial charge < -0.3 is 9.88 Å². The van der Waals surface area contributed by atoms with Crippen molar-refractivity contribution < 1.29 is 0 Å². The molecule has 1 heterocycles. The van der Waals surface area contributed by atoms with Crippen molar-refractivity contribution in [2.45, 2.75) is 26.4 Å². The topological polar surface area (TPSA) is 40.8 Å². The van der Waals surface area contributed by atoms with Gasteiger partial charge in [-0.3, -0.25) is 0 Å². The highest BCUT2D eigenvalue weighted by atomic mass is 15.0. The Bertz CT molecular complexity index is 546. The zero-order chi connectivity index (χ0) is 13.5. The highest BCUT2D eigenvalue weighted by Crippen LogP contribution is 2.09. The molecule has 0 radical (unpaired) electrons. The van der Waals surface area contributed by atoms with Gasteiger partial charge in [-0.2, -0.15) is 5.26 Å². The van der Waals surface area contributed by atoms with Crippen LogP contribution in [0.3, 0.4) is 0 Å². The highest BCUT2D eigenvalue weighted by Gasteiger charge is 2.01. The Morgan fingerprint density at radius 1 is 1.21 bits per heavy atom. The second-order valence-electron chi connectivity index (χ2n) is 4.61. The summed E-state index contributed by atoms with van der Waals surface area (Å²) in [5.74, 6) is 0. The second-order valence-corrected chi connectivity index (χ2v) is 4.61. The second kappa shape index (κ2) is 6.77. The molecule has 2 rings (SSSR count). The minimum absolute atomic E-state index is 0.709. The lowest BCUT2D eigenvalue weighted by molar-refractivity contribution is 0.630. The van der Waals surface area contributed by atoms with E-state index in [0.717, 1.165) is 26.1 Å². The molecule has 1 aromatic heterocycles. The molecule has 19 heavy (non-hydrogen) atoms. The standard InChI is InChI=1S/C16H19N3/c1-2-9-18-12-16-4-3-10-19(16)13-15-7-5-14(11-17)6-8-15/h3-8,10,18H,2,9,12-13H2,1H3. The summed E-state index contributed by atoms with van der Waals surface area (Å²) < 4.78 is 2.24. The van der Waals surface area contributed by atoms with Crippen LogP contribution in [0.5, 0.6) is 0 Å². The van der Waals surface area contributed by atoms with Crippen molar-refractivity contribution >= 4 is 0 Å². The van der Waals surface area contributed by atoms with Gasteiger partial charge in [0, 0.05) is 25.0 Å². The quantitative estimate of drug-likeness (QED) is 0.804. The molecule has 0 aliphatic heterocycles. The molecule has 3 heteroatoms.